The first kappa shape index (κ1) is 18.0. The number of pyridine rings is 1. The molecule has 5 heteroatoms. The minimum absolute atomic E-state index is 0.129. The van der Waals surface area contributed by atoms with Crippen molar-refractivity contribution in [2.45, 2.75) is 38.6 Å². The number of anilines is 1. The Balaban J connectivity index is 1.48. The van der Waals surface area contributed by atoms with Crippen molar-refractivity contribution in [1.29, 1.82) is 0 Å². The number of morpholine rings is 1. The van der Waals surface area contributed by atoms with Crippen molar-refractivity contribution in [3.63, 3.8) is 0 Å². The van der Waals surface area contributed by atoms with Crippen molar-refractivity contribution in [3.8, 4) is 0 Å². The van der Waals surface area contributed by atoms with Crippen LogP contribution in [-0.4, -0.2) is 37.2 Å². The molecule has 2 heterocycles. The summed E-state index contributed by atoms with van der Waals surface area (Å²) < 4.78 is 5.44. The lowest BCUT2D eigenvalue weighted by Crippen LogP contribution is -2.38. The lowest BCUT2D eigenvalue weighted by molar-refractivity contribution is -0.123. The van der Waals surface area contributed by atoms with E-state index in [1.54, 1.807) is 0 Å². The van der Waals surface area contributed by atoms with Gasteiger partial charge in [-0.2, -0.15) is 0 Å². The van der Waals surface area contributed by atoms with Gasteiger partial charge in [-0.25, -0.2) is 4.98 Å². The predicted molar refractivity (Wildman–Crippen MR) is 106 cm³/mol. The fourth-order valence-electron chi connectivity index (χ4n) is 4.00. The predicted octanol–water partition coefficient (Wildman–Crippen LogP) is 2.88. The molecule has 1 N–H and O–H groups in total. The van der Waals surface area contributed by atoms with Gasteiger partial charge < -0.3 is 15.0 Å². The molecule has 2 fully saturated rings. The monoisotopic (exact) mass is 365 g/mol. The molecule has 1 amide bonds. The average Bonchev–Trinajstić information content (AvgIpc) is 3.48. The Morgan fingerprint density at radius 1 is 1.19 bits per heavy atom. The Morgan fingerprint density at radius 3 is 2.56 bits per heavy atom. The van der Waals surface area contributed by atoms with Gasteiger partial charge in [0, 0.05) is 31.4 Å². The number of benzene rings is 1. The summed E-state index contributed by atoms with van der Waals surface area (Å²) in [4.78, 5) is 19.8. The van der Waals surface area contributed by atoms with Crippen LogP contribution in [0, 0.1) is 13.8 Å². The molecule has 27 heavy (non-hydrogen) atoms. The van der Waals surface area contributed by atoms with Crippen molar-refractivity contribution >= 4 is 11.7 Å². The summed E-state index contributed by atoms with van der Waals surface area (Å²) in [5.41, 5.74) is 4.29. The van der Waals surface area contributed by atoms with Gasteiger partial charge in [0.15, 0.2) is 0 Å². The summed E-state index contributed by atoms with van der Waals surface area (Å²) in [5, 5.41) is 3.18. The van der Waals surface area contributed by atoms with E-state index in [-0.39, 0.29) is 11.3 Å². The van der Waals surface area contributed by atoms with E-state index in [9.17, 15) is 4.79 Å². The van der Waals surface area contributed by atoms with Crippen molar-refractivity contribution < 1.29 is 9.53 Å². The minimum atomic E-state index is -0.349. The molecular weight excluding hydrogens is 338 g/mol. The number of hydrogen-bond donors (Lipinski definition) is 1. The van der Waals surface area contributed by atoms with Crippen LogP contribution in [0.4, 0.5) is 5.82 Å². The SMILES string of the molecule is Cc1cc(C)cc(C2(C(=O)NCc3cccnc3N3CCOCC3)CC2)c1. The van der Waals surface area contributed by atoms with E-state index in [0.29, 0.717) is 6.54 Å². The molecule has 0 spiro atoms. The number of nitrogens with one attached hydrogen (secondary N) is 1. The summed E-state index contributed by atoms with van der Waals surface area (Å²) >= 11 is 0. The number of carbonyl (C=O) groups excluding carboxylic acids is 1. The Morgan fingerprint density at radius 2 is 1.89 bits per heavy atom. The smallest absolute Gasteiger partial charge is 0.230 e. The molecular formula is C22H27N3O2. The number of carbonyl (C=O) groups is 1. The molecule has 1 aromatic carbocycles. The number of aromatic nitrogens is 1. The Labute approximate surface area is 160 Å². The molecule has 0 bridgehead atoms. The van der Waals surface area contributed by atoms with Crippen molar-refractivity contribution in [1.82, 2.24) is 10.3 Å². The Kier molecular flexibility index (Phi) is 4.87. The van der Waals surface area contributed by atoms with Gasteiger partial charge in [-0.15, -0.1) is 0 Å². The van der Waals surface area contributed by atoms with E-state index in [4.69, 9.17) is 4.74 Å². The molecule has 1 aromatic heterocycles. The quantitative estimate of drug-likeness (QED) is 0.885. The maximum Gasteiger partial charge on any atom is 0.230 e. The highest BCUT2D eigenvalue weighted by Gasteiger charge is 2.51. The average molecular weight is 365 g/mol. The highest BCUT2D eigenvalue weighted by atomic mass is 16.5. The van der Waals surface area contributed by atoms with E-state index < -0.39 is 0 Å². The summed E-state index contributed by atoms with van der Waals surface area (Å²) in [6, 6.07) is 10.4. The van der Waals surface area contributed by atoms with Crippen LogP contribution < -0.4 is 10.2 Å². The molecule has 0 unspecified atom stereocenters. The summed E-state index contributed by atoms with van der Waals surface area (Å²) in [7, 11) is 0. The molecule has 1 saturated carbocycles. The maximum atomic E-state index is 13.0. The number of aryl methyl sites for hydroxylation is 2. The van der Waals surface area contributed by atoms with E-state index in [1.165, 1.54) is 11.1 Å². The Bertz CT molecular complexity index is 819. The molecule has 2 aromatic rings. The highest BCUT2D eigenvalue weighted by Crippen LogP contribution is 2.49. The topological polar surface area (TPSA) is 54.5 Å². The molecule has 5 nitrogen and oxygen atoms in total. The second-order valence-corrected chi connectivity index (χ2v) is 7.73. The molecule has 1 aliphatic carbocycles. The zero-order chi connectivity index (χ0) is 18.9. The molecule has 142 valence electrons. The van der Waals surface area contributed by atoms with E-state index in [0.717, 1.165) is 56.1 Å². The number of nitrogens with zero attached hydrogens (tertiary/aromatic N) is 2. The van der Waals surface area contributed by atoms with E-state index >= 15 is 0 Å². The maximum absolute atomic E-state index is 13.0. The van der Waals surface area contributed by atoms with Gasteiger partial charge in [0.1, 0.15) is 5.82 Å². The molecule has 1 saturated heterocycles. The first-order valence-electron chi connectivity index (χ1n) is 9.72. The molecule has 4 rings (SSSR count). The fraction of sp³-hybridized carbons (Fsp3) is 0.455. The third kappa shape index (κ3) is 3.69. The van der Waals surface area contributed by atoms with Crippen LogP contribution in [0.15, 0.2) is 36.5 Å². The number of hydrogen-bond acceptors (Lipinski definition) is 4. The third-order valence-electron chi connectivity index (χ3n) is 5.58. The van der Waals surface area contributed by atoms with Crippen molar-refractivity contribution in [2.24, 2.45) is 0 Å². The van der Waals surface area contributed by atoms with Crippen LogP contribution in [0.3, 0.4) is 0 Å². The van der Waals surface area contributed by atoms with Gasteiger partial charge in [0.05, 0.1) is 18.6 Å². The molecule has 1 aliphatic heterocycles. The third-order valence-corrected chi connectivity index (χ3v) is 5.58. The largest absolute Gasteiger partial charge is 0.378 e. The van der Waals surface area contributed by atoms with E-state index in [2.05, 4.69) is 53.3 Å². The zero-order valence-electron chi connectivity index (χ0n) is 16.1. The number of amides is 1. The Hall–Kier alpha value is -2.40. The number of rotatable bonds is 5. The lowest BCUT2D eigenvalue weighted by atomic mass is 9.92. The van der Waals surface area contributed by atoms with Gasteiger partial charge in [-0.1, -0.05) is 35.4 Å². The van der Waals surface area contributed by atoms with Crippen molar-refractivity contribution in [3.05, 3.63) is 58.8 Å². The molecule has 2 aliphatic rings. The fourth-order valence-corrected chi connectivity index (χ4v) is 4.00. The second kappa shape index (κ2) is 7.31. The van der Waals surface area contributed by atoms with Crippen LogP contribution >= 0.6 is 0 Å². The first-order valence-corrected chi connectivity index (χ1v) is 9.72. The summed E-state index contributed by atoms with van der Waals surface area (Å²) in [5.74, 6) is 1.08. The number of ether oxygens (including phenoxy) is 1. The van der Waals surface area contributed by atoms with Crippen LogP contribution in [0.1, 0.15) is 35.1 Å². The first-order chi connectivity index (χ1) is 13.1. The second-order valence-electron chi connectivity index (χ2n) is 7.73. The van der Waals surface area contributed by atoms with Crippen LogP contribution in [-0.2, 0) is 21.5 Å². The van der Waals surface area contributed by atoms with Gasteiger partial charge >= 0.3 is 0 Å². The normalized spacial score (nSPS) is 18.2. The molecule has 0 atom stereocenters. The van der Waals surface area contributed by atoms with Gasteiger partial charge in [0.25, 0.3) is 0 Å². The van der Waals surface area contributed by atoms with Crippen molar-refractivity contribution in [2.75, 3.05) is 31.2 Å². The molecule has 0 radical (unpaired) electrons. The van der Waals surface area contributed by atoms with Crippen LogP contribution in [0.25, 0.3) is 0 Å². The minimum Gasteiger partial charge on any atom is -0.378 e. The van der Waals surface area contributed by atoms with Crippen LogP contribution in [0.2, 0.25) is 0 Å². The standard InChI is InChI=1S/C22H27N3O2/c1-16-12-17(2)14-19(13-16)22(5-6-22)21(26)24-15-18-4-3-7-23-20(18)25-8-10-27-11-9-25/h3-4,7,12-14H,5-6,8-11,15H2,1-2H3,(H,24,26). The summed E-state index contributed by atoms with van der Waals surface area (Å²) in [6.07, 6.45) is 3.66. The van der Waals surface area contributed by atoms with Crippen LogP contribution in [0.5, 0.6) is 0 Å². The van der Waals surface area contributed by atoms with Gasteiger partial charge in [-0.05, 0) is 38.3 Å². The van der Waals surface area contributed by atoms with Gasteiger partial charge in [-0.3, -0.25) is 4.79 Å². The van der Waals surface area contributed by atoms with Gasteiger partial charge in [0.2, 0.25) is 5.91 Å². The zero-order valence-corrected chi connectivity index (χ0v) is 16.1. The lowest BCUT2D eigenvalue weighted by Gasteiger charge is -2.29. The summed E-state index contributed by atoms with van der Waals surface area (Å²) in [6.45, 7) is 7.81. The van der Waals surface area contributed by atoms with E-state index in [1.807, 2.05) is 12.3 Å². The highest BCUT2D eigenvalue weighted by molar-refractivity contribution is 5.91.